The molecule has 6 rings (SSSR count). The minimum Gasteiger partial charge on any atom is -0.454 e. The monoisotopic (exact) mass is 419 g/mol. The maximum Gasteiger partial charge on any atom is 0.231 e. The van der Waals surface area contributed by atoms with Crippen LogP contribution in [0.25, 0.3) is 0 Å². The molecule has 1 unspecified atom stereocenters. The number of ether oxygens (including phenoxy) is 3. The maximum absolute atomic E-state index is 13.4. The van der Waals surface area contributed by atoms with E-state index < -0.39 is 17.4 Å². The summed E-state index contributed by atoms with van der Waals surface area (Å²) < 4.78 is 17.0. The van der Waals surface area contributed by atoms with Crippen molar-refractivity contribution in [2.24, 2.45) is 11.8 Å². The Morgan fingerprint density at radius 2 is 2.13 bits per heavy atom. The predicted octanol–water partition coefficient (Wildman–Crippen LogP) is 1.41. The number of hydrogen-bond acceptors (Lipinski definition) is 6. The summed E-state index contributed by atoms with van der Waals surface area (Å²) in [6, 6.07) is 9.41. The number of likely N-dealkylation sites (tertiary alicyclic amines) is 1. The van der Waals surface area contributed by atoms with Crippen molar-refractivity contribution >= 4 is 11.8 Å². The Kier molecular flexibility index (Phi) is 4.04. The lowest BCUT2D eigenvalue weighted by Crippen LogP contribution is -2.43. The molecule has 4 atom stereocenters. The Morgan fingerprint density at radius 3 is 3.00 bits per heavy atom. The largest absolute Gasteiger partial charge is 0.454 e. The van der Waals surface area contributed by atoms with E-state index in [1.54, 1.807) is 17.3 Å². The van der Waals surface area contributed by atoms with E-state index >= 15 is 0 Å². The lowest BCUT2D eigenvalue weighted by molar-refractivity contribution is -0.137. The molecule has 1 N–H and O–H groups in total. The second-order valence-electron chi connectivity index (χ2n) is 8.36. The summed E-state index contributed by atoms with van der Waals surface area (Å²) in [7, 11) is 0. The Labute approximate surface area is 178 Å². The fourth-order valence-corrected chi connectivity index (χ4v) is 5.08. The zero-order valence-corrected chi connectivity index (χ0v) is 16.7. The molecule has 5 heterocycles. The summed E-state index contributed by atoms with van der Waals surface area (Å²) in [4.78, 5) is 32.2. The topological polar surface area (TPSA) is 90.0 Å². The van der Waals surface area contributed by atoms with E-state index in [1.807, 2.05) is 42.5 Å². The van der Waals surface area contributed by atoms with Crippen LogP contribution in [0.15, 0.2) is 54.9 Å². The standard InChI is InChI=1S/C23H21N3O5/c27-21(25-10-15-2-1-7-24-9-15)19-17-5-6-23(31-17)12-26(22(28)20(19)23)11-14-3-4-16-18(8-14)30-13-29-16/h1-9,17,19-20H,10-13H2,(H,25,27)/t17-,19?,20+,23+/m0/s1. The lowest BCUT2D eigenvalue weighted by atomic mass is 9.77. The maximum atomic E-state index is 13.4. The number of aromatic nitrogens is 1. The number of benzene rings is 1. The molecule has 0 saturated carbocycles. The molecule has 8 heteroatoms. The Hall–Kier alpha value is -3.39. The van der Waals surface area contributed by atoms with Gasteiger partial charge in [0.25, 0.3) is 0 Å². The van der Waals surface area contributed by atoms with E-state index in [4.69, 9.17) is 14.2 Å². The van der Waals surface area contributed by atoms with Crippen molar-refractivity contribution in [3.05, 3.63) is 66.0 Å². The predicted molar refractivity (Wildman–Crippen MR) is 108 cm³/mol. The van der Waals surface area contributed by atoms with Crippen LogP contribution in [-0.2, 0) is 27.4 Å². The first-order chi connectivity index (χ1) is 15.1. The molecule has 1 spiro atoms. The molecule has 158 valence electrons. The number of amides is 2. The van der Waals surface area contributed by atoms with E-state index in [9.17, 15) is 9.59 Å². The SMILES string of the molecule is O=C(NCc1cccnc1)C1[C@@H]2C=C[C@]3(CN(Cc4ccc5c(c4)OCO5)C(=O)[C@@H]13)O2. The molecule has 2 bridgehead atoms. The second-order valence-corrected chi connectivity index (χ2v) is 8.36. The summed E-state index contributed by atoms with van der Waals surface area (Å²) >= 11 is 0. The molecule has 0 aliphatic carbocycles. The lowest BCUT2D eigenvalue weighted by Gasteiger charge is -2.23. The van der Waals surface area contributed by atoms with Crippen molar-refractivity contribution < 1.29 is 23.8 Å². The molecule has 4 aliphatic heterocycles. The highest BCUT2D eigenvalue weighted by molar-refractivity contribution is 5.93. The second kappa shape index (κ2) is 6.81. The van der Waals surface area contributed by atoms with Crippen LogP contribution in [0.1, 0.15) is 11.1 Å². The summed E-state index contributed by atoms with van der Waals surface area (Å²) in [5.41, 5.74) is 1.13. The van der Waals surface area contributed by atoms with Crippen molar-refractivity contribution in [2.75, 3.05) is 13.3 Å². The van der Waals surface area contributed by atoms with Crippen LogP contribution in [0.4, 0.5) is 0 Å². The molecule has 8 nitrogen and oxygen atoms in total. The Balaban J connectivity index is 1.19. The Bertz CT molecular complexity index is 1090. The number of carbonyl (C=O) groups excluding carboxylic acids is 2. The average Bonchev–Trinajstić information content (AvgIpc) is 3.54. The van der Waals surface area contributed by atoms with Gasteiger partial charge in [0.1, 0.15) is 5.60 Å². The molecular weight excluding hydrogens is 398 g/mol. The number of nitrogens with one attached hydrogen (secondary N) is 1. The van der Waals surface area contributed by atoms with Crippen LogP contribution in [0.3, 0.4) is 0 Å². The molecule has 2 aromatic rings. The molecule has 2 saturated heterocycles. The fraction of sp³-hybridized carbons (Fsp3) is 0.348. The third-order valence-corrected chi connectivity index (χ3v) is 6.48. The number of nitrogens with zero attached hydrogens (tertiary/aromatic N) is 2. The van der Waals surface area contributed by atoms with Crippen LogP contribution in [0, 0.1) is 11.8 Å². The van der Waals surface area contributed by atoms with Gasteiger partial charge in [-0.15, -0.1) is 0 Å². The fourth-order valence-electron chi connectivity index (χ4n) is 5.08. The van der Waals surface area contributed by atoms with E-state index in [2.05, 4.69) is 10.3 Å². The van der Waals surface area contributed by atoms with Gasteiger partial charge in [-0.05, 0) is 29.3 Å². The van der Waals surface area contributed by atoms with Crippen molar-refractivity contribution in [3.63, 3.8) is 0 Å². The molecular formula is C23H21N3O5. The van der Waals surface area contributed by atoms with E-state index in [0.29, 0.717) is 31.1 Å². The third kappa shape index (κ3) is 2.90. The van der Waals surface area contributed by atoms with Gasteiger partial charge in [0.15, 0.2) is 11.5 Å². The van der Waals surface area contributed by atoms with E-state index in [1.165, 1.54) is 0 Å². The Morgan fingerprint density at radius 1 is 1.23 bits per heavy atom. The minimum absolute atomic E-state index is 0.0500. The average molecular weight is 419 g/mol. The van der Waals surface area contributed by atoms with Crippen LogP contribution < -0.4 is 14.8 Å². The van der Waals surface area contributed by atoms with Gasteiger partial charge in [0.05, 0.1) is 24.5 Å². The van der Waals surface area contributed by atoms with Gasteiger partial charge < -0.3 is 24.4 Å². The summed E-state index contributed by atoms with van der Waals surface area (Å²) in [6.07, 6.45) is 6.92. The van der Waals surface area contributed by atoms with Gasteiger partial charge in [-0.3, -0.25) is 14.6 Å². The molecule has 2 fully saturated rings. The van der Waals surface area contributed by atoms with Gasteiger partial charge in [-0.2, -0.15) is 0 Å². The minimum atomic E-state index is -0.728. The van der Waals surface area contributed by atoms with E-state index in [0.717, 1.165) is 11.1 Å². The highest BCUT2D eigenvalue weighted by Gasteiger charge is 2.66. The summed E-state index contributed by atoms with van der Waals surface area (Å²) in [6.45, 7) is 1.45. The normalized spacial score (nSPS) is 29.5. The van der Waals surface area contributed by atoms with Gasteiger partial charge in [-0.25, -0.2) is 0 Å². The van der Waals surface area contributed by atoms with Crippen LogP contribution >= 0.6 is 0 Å². The zero-order chi connectivity index (χ0) is 21.0. The van der Waals surface area contributed by atoms with Crippen LogP contribution in [0.5, 0.6) is 11.5 Å². The first kappa shape index (κ1) is 18.4. The quantitative estimate of drug-likeness (QED) is 0.737. The number of fused-ring (bicyclic) bond motifs is 2. The first-order valence-electron chi connectivity index (χ1n) is 10.3. The number of hydrogen-bond donors (Lipinski definition) is 1. The zero-order valence-electron chi connectivity index (χ0n) is 16.7. The highest BCUT2D eigenvalue weighted by Crippen LogP contribution is 2.52. The summed E-state index contributed by atoms with van der Waals surface area (Å²) in [5, 5.41) is 2.95. The van der Waals surface area contributed by atoms with Crippen molar-refractivity contribution in [1.82, 2.24) is 15.2 Å². The molecule has 0 radical (unpaired) electrons. The van der Waals surface area contributed by atoms with Crippen molar-refractivity contribution in [2.45, 2.75) is 24.8 Å². The first-order valence-corrected chi connectivity index (χ1v) is 10.3. The molecule has 1 aromatic heterocycles. The van der Waals surface area contributed by atoms with Crippen molar-refractivity contribution in [3.8, 4) is 11.5 Å². The van der Waals surface area contributed by atoms with Gasteiger partial charge in [-0.1, -0.05) is 24.3 Å². The van der Waals surface area contributed by atoms with Crippen LogP contribution in [0.2, 0.25) is 0 Å². The third-order valence-electron chi connectivity index (χ3n) is 6.48. The number of pyridine rings is 1. The van der Waals surface area contributed by atoms with Gasteiger partial charge in [0.2, 0.25) is 18.6 Å². The van der Waals surface area contributed by atoms with Gasteiger partial charge >= 0.3 is 0 Å². The van der Waals surface area contributed by atoms with Crippen molar-refractivity contribution in [1.29, 1.82) is 0 Å². The summed E-state index contributed by atoms with van der Waals surface area (Å²) in [5.74, 6) is 0.144. The van der Waals surface area contributed by atoms with E-state index in [-0.39, 0.29) is 24.7 Å². The molecule has 4 aliphatic rings. The molecule has 1 aromatic carbocycles. The van der Waals surface area contributed by atoms with Gasteiger partial charge in [0, 0.05) is 25.5 Å². The number of rotatable bonds is 5. The number of carbonyl (C=O) groups is 2. The van der Waals surface area contributed by atoms with Crippen LogP contribution in [-0.4, -0.2) is 46.7 Å². The highest BCUT2D eigenvalue weighted by atomic mass is 16.7. The molecule has 31 heavy (non-hydrogen) atoms. The smallest absolute Gasteiger partial charge is 0.231 e. The molecule has 2 amide bonds.